The first-order chi connectivity index (χ1) is 9.69. The average Bonchev–Trinajstić information content (AvgIpc) is 2.34. The summed E-state index contributed by atoms with van der Waals surface area (Å²) in [4.78, 5) is 10.1. The Hall–Kier alpha value is -1.32. The Morgan fingerprint density at radius 2 is 2.10 bits per heavy atom. The molecular weight excluding hydrogens is 314 g/mol. The van der Waals surface area contributed by atoms with Crippen LogP contribution in [0.25, 0.3) is 0 Å². The molecule has 0 aliphatic carbocycles. The highest BCUT2D eigenvalue weighted by atomic mass is 32.2. The molecule has 1 atom stereocenters. The number of sulfonamides is 1. The Kier molecular flexibility index (Phi) is 5.99. The second kappa shape index (κ2) is 7.10. The van der Waals surface area contributed by atoms with Crippen molar-refractivity contribution >= 4 is 33.2 Å². The Labute approximate surface area is 128 Å². The number of nitrogens with one attached hydrogen (secondary N) is 1. The maximum Gasteiger partial charge on any atom is 0.293 e. The summed E-state index contributed by atoms with van der Waals surface area (Å²) >= 11 is 1.62. The fourth-order valence-electron chi connectivity index (χ4n) is 1.83. The summed E-state index contributed by atoms with van der Waals surface area (Å²) < 4.78 is 27.2. The van der Waals surface area contributed by atoms with Gasteiger partial charge in [-0.1, -0.05) is 0 Å². The van der Waals surface area contributed by atoms with Crippen molar-refractivity contribution in [2.75, 3.05) is 17.7 Å². The van der Waals surface area contributed by atoms with Crippen LogP contribution in [0.1, 0.15) is 18.9 Å². The predicted molar refractivity (Wildman–Crippen MR) is 85.0 cm³/mol. The molecule has 1 aromatic rings. The molecule has 0 aliphatic heterocycles. The lowest BCUT2D eigenvalue weighted by Crippen LogP contribution is -2.33. The number of anilines is 1. The zero-order valence-electron chi connectivity index (χ0n) is 12.1. The van der Waals surface area contributed by atoms with Crippen LogP contribution >= 0.6 is 11.8 Å². The second-order valence-electron chi connectivity index (χ2n) is 4.74. The van der Waals surface area contributed by atoms with Gasteiger partial charge in [0.25, 0.3) is 5.69 Å². The molecule has 1 rings (SSSR count). The Balaban J connectivity index is 3.13. The molecule has 21 heavy (non-hydrogen) atoms. The predicted octanol–water partition coefficient (Wildman–Crippen LogP) is 1.91. The minimum atomic E-state index is -3.81. The van der Waals surface area contributed by atoms with Gasteiger partial charge in [-0.3, -0.25) is 10.1 Å². The molecule has 0 saturated heterocycles. The van der Waals surface area contributed by atoms with Crippen molar-refractivity contribution in [1.82, 2.24) is 4.72 Å². The van der Waals surface area contributed by atoms with Crippen LogP contribution in [0.2, 0.25) is 0 Å². The normalized spacial score (nSPS) is 13.1. The van der Waals surface area contributed by atoms with Crippen molar-refractivity contribution in [3.05, 3.63) is 27.8 Å². The maximum absolute atomic E-state index is 12.3. The molecule has 0 radical (unpaired) electrons. The highest BCUT2D eigenvalue weighted by Gasteiger charge is 2.24. The van der Waals surface area contributed by atoms with E-state index in [2.05, 4.69) is 4.72 Å². The zero-order valence-corrected chi connectivity index (χ0v) is 13.8. The number of nitrogen functional groups attached to an aromatic ring is 1. The summed E-state index contributed by atoms with van der Waals surface area (Å²) in [7, 11) is -3.81. The van der Waals surface area contributed by atoms with Crippen molar-refractivity contribution < 1.29 is 13.3 Å². The number of aryl methyl sites for hydroxylation is 1. The van der Waals surface area contributed by atoms with E-state index < -0.39 is 20.6 Å². The van der Waals surface area contributed by atoms with Crippen molar-refractivity contribution in [1.29, 1.82) is 0 Å². The Morgan fingerprint density at radius 1 is 1.48 bits per heavy atom. The van der Waals surface area contributed by atoms with Crippen LogP contribution in [-0.2, 0) is 10.0 Å². The topological polar surface area (TPSA) is 115 Å². The number of hydrogen-bond donors (Lipinski definition) is 2. The van der Waals surface area contributed by atoms with Gasteiger partial charge in [0, 0.05) is 12.1 Å². The molecule has 9 heteroatoms. The second-order valence-corrected chi connectivity index (χ2v) is 7.41. The minimum Gasteiger partial charge on any atom is -0.393 e. The van der Waals surface area contributed by atoms with Gasteiger partial charge in [-0.05, 0) is 43.9 Å². The van der Waals surface area contributed by atoms with Crippen LogP contribution in [0.15, 0.2) is 17.0 Å². The van der Waals surface area contributed by atoms with Crippen molar-refractivity contribution in [3.8, 4) is 0 Å². The van der Waals surface area contributed by atoms with Gasteiger partial charge in [0.2, 0.25) is 10.0 Å². The van der Waals surface area contributed by atoms with Gasteiger partial charge in [-0.25, -0.2) is 13.1 Å². The number of thioether (sulfide) groups is 1. The molecule has 7 nitrogen and oxygen atoms in total. The number of rotatable bonds is 7. The minimum absolute atomic E-state index is 0.0492. The molecule has 0 saturated carbocycles. The smallest absolute Gasteiger partial charge is 0.293 e. The van der Waals surface area contributed by atoms with Crippen LogP contribution in [0, 0.1) is 17.0 Å². The molecule has 1 unspecified atom stereocenters. The molecule has 118 valence electrons. The van der Waals surface area contributed by atoms with E-state index in [0.29, 0.717) is 12.0 Å². The molecule has 0 fully saturated rings. The van der Waals surface area contributed by atoms with Gasteiger partial charge in [0.05, 0.1) is 9.82 Å². The van der Waals surface area contributed by atoms with Crippen molar-refractivity contribution in [2.24, 2.45) is 0 Å². The number of nitrogens with zero attached hydrogens (tertiary/aromatic N) is 1. The first-order valence-corrected chi connectivity index (χ1v) is 9.12. The highest BCUT2D eigenvalue weighted by Crippen LogP contribution is 2.28. The van der Waals surface area contributed by atoms with E-state index in [4.69, 9.17) is 5.73 Å². The van der Waals surface area contributed by atoms with Crippen LogP contribution in [-0.4, -0.2) is 31.4 Å². The molecule has 0 bridgehead atoms. The quantitative estimate of drug-likeness (QED) is 0.447. The van der Waals surface area contributed by atoms with Gasteiger partial charge in [-0.15, -0.1) is 0 Å². The first-order valence-electron chi connectivity index (χ1n) is 6.24. The molecular formula is C12H19N3O4S2. The number of hydrogen-bond acceptors (Lipinski definition) is 6. The van der Waals surface area contributed by atoms with E-state index in [1.165, 1.54) is 6.07 Å². The van der Waals surface area contributed by atoms with Crippen LogP contribution in [0.3, 0.4) is 0 Å². The SMILES string of the molecule is CSCCC(C)NS(=O)(=O)c1cc([N+](=O)[O-])c(N)cc1C. The van der Waals surface area contributed by atoms with Gasteiger partial charge in [0.1, 0.15) is 5.69 Å². The number of nitro groups is 1. The van der Waals surface area contributed by atoms with E-state index in [1.807, 2.05) is 6.26 Å². The van der Waals surface area contributed by atoms with Gasteiger partial charge < -0.3 is 5.73 Å². The molecule has 0 spiro atoms. The van der Waals surface area contributed by atoms with Crippen LogP contribution < -0.4 is 10.5 Å². The third-order valence-electron chi connectivity index (χ3n) is 2.92. The average molecular weight is 333 g/mol. The van der Waals surface area contributed by atoms with Gasteiger partial charge in [0.15, 0.2) is 0 Å². The lowest BCUT2D eigenvalue weighted by atomic mass is 10.2. The van der Waals surface area contributed by atoms with E-state index in [-0.39, 0.29) is 16.6 Å². The van der Waals surface area contributed by atoms with Crippen LogP contribution in [0.4, 0.5) is 11.4 Å². The summed E-state index contributed by atoms with van der Waals surface area (Å²) in [6.07, 6.45) is 2.62. The van der Waals surface area contributed by atoms with E-state index in [1.54, 1.807) is 25.6 Å². The monoisotopic (exact) mass is 333 g/mol. The molecule has 0 amide bonds. The van der Waals surface area contributed by atoms with Crippen molar-refractivity contribution in [2.45, 2.75) is 31.2 Å². The van der Waals surface area contributed by atoms with E-state index in [0.717, 1.165) is 11.8 Å². The summed E-state index contributed by atoms with van der Waals surface area (Å²) in [5.41, 5.74) is 5.47. The Morgan fingerprint density at radius 3 is 2.62 bits per heavy atom. The van der Waals surface area contributed by atoms with Crippen LogP contribution in [0.5, 0.6) is 0 Å². The van der Waals surface area contributed by atoms with Crippen molar-refractivity contribution in [3.63, 3.8) is 0 Å². The highest BCUT2D eigenvalue weighted by molar-refractivity contribution is 7.98. The molecule has 1 aromatic carbocycles. The first kappa shape index (κ1) is 17.7. The third kappa shape index (κ3) is 4.58. The molecule has 0 aliphatic rings. The number of benzene rings is 1. The summed E-state index contributed by atoms with van der Waals surface area (Å²) in [5, 5.41) is 10.9. The fourth-order valence-corrected chi connectivity index (χ4v) is 3.94. The molecule has 3 N–H and O–H groups in total. The number of nitrogens with two attached hydrogens (primary N) is 1. The summed E-state index contributed by atoms with van der Waals surface area (Å²) in [5.74, 6) is 0.824. The van der Waals surface area contributed by atoms with E-state index >= 15 is 0 Å². The third-order valence-corrected chi connectivity index (χ3v) is 5.30. The lowest BCUT2D eigenvalue weighted by molar-refractivity contribution is -0.384. The molecule has 0 heterocycles. The lowest BCUT2D eigenvalue weighted by Gasteiger charge is -2.15. The fraction of sp³-hybridized carbons (Fsp3) is 0.500. The zero-order chi connectivity index (χ0) is 16.2. The molecule has 0 aromatic heterocycles. The van der Waals surface area contributed by atoms with E-state index in [9.17, 15) is 18.5 Å². The Bertz CT molecular complexity index is 632. The van der Waals surface area contributed by atoms with Gasteiger partial charge in [-0.2, -0.15) is 11.8 Å². The summed E-state index contributed by atoms with van der Waals surface area (Å²) in [6, 6.07) is 2.06. The van der Waals surface area contributed by atoms with Gasteiger partial charge >= 0.3 is 0 Å². The standard InChI is InChI=1S/C12H19N3O4S2/c1-8-6-10(13)11(15(16)17)7-12(8)21(18,19)14-9(2)4-5-20-3/h6-7,9,14H,4-5,13H2,1-3H3. The summed E-state index contributed by atoms with van der Waals surface area (Å²) in [6.45, 7) is 3.32. The largest absolute Gasteiger partial charge is 0.393 e. The number of nitro benzene ring substituents is 1. The maximum atomic E-state index is 12.3.